The summed E-state index contributed by atoms with van der Waals surface area (Å²) in [5, 5.41) is 12.2. The van der Waals surface area contributed by atoms with Crippen molar-refractivity contribution in [1.82, 2.24) is 5.32 Å². The van der Waals surface area contributed by atoms with Crippen LogP contribution in [0.1, 0.15) is 32.6 Å². The van der Waals surface area contributed by atoms with Crippen molar-refractivity contribution < 1.29 is 24.2 Å². The van der Waals surface area contributed by atoms with Crippen LogP contribution < -0.4 is 5.32 Å². The molecule has 0 aromatic carbocycles. The maximum absolute atomic E-state index is 12.1. The van der Waals surface area contributed by atoms with E-state index >= 15 is 0 Å². The average molecular weight is 271 g/mol. The summed E-state index contributed by atoms with van der Waals surface area (Å²) in [6, 6.07) is -0.336. The van der Waals surface area contributed by atoms with Crippen LogP contribution >= 0.6 is 0 Å². The predicted molar refractivity (Wildman–Crippen MR) is 66.7 cm³/mol. The van der Waals surface area contributed by atoms with E-state index in [1.165, 1.54) is 0 Å². The third kappa shape index (κ3) is 3.06. The van der Waals surface area contributed by atoms with E-state index in [0.29, 0.717) is 26.1 Å². The van der Waals surface area contributed by atoms with E-state index in [4.69, 9.17) is 9.47 Å². The molecule has 2 fully saturated rings. The zero-order chi connectivity index (χ0) is 13.9. The van der Waals surface area contributed by atoms with E-state index in [0.717, 1.165) is 12.8 Å². The molecule has 0 radical (unpaired) electrons. The van der Waals surface area contributed by atoms with Crippen molar-refractivity contribution in [1.29, 1.82) is 0 Å². The number of ether oxygens (including phenoxy) is 2. The molecule has 0 spiro atoms. The average Bonchev–Trinajstić information content (AvgIpc) is 2.42. The van der Waals surface area contributed by atoms with E-state index in [1.807, 2.05) is 0 Å². The zero-order valence-electron chi connectivity index (χ0n) is 11.2. The molecule has 3 atom stereocenters. The molecule has 6 heteroatoms. The summed E-state index contributed by atoms with van der Waals surface area (Å²) < 4.78 is 10.5. The minimum absolute atomic E-state index is 0.238. The summed E-state index contributed by atoms with van der Waals surface area (Å²) in [6.07, 6.45) is 2.50. The molecule has 1 saturated heterocycles. The SMILES string of the molecule is CC1(C(=O)O)CCCCC1NC(=O)C1COCCO1. The number of aliphatic carboxylic acids is 1. The van der Waals surface area contributed by atoms with Gasteiger partial charge in [0.25, 0.3) is 5.91 Å². The Kier molecular flexibility index (Phi) is 4.42. The fourth-order valence-corrected chi connectivity index (χ4v) is 2.72. The lowest BCUT2D eigenvalue weighted by Gasteiger charge is -2.39. The van der Waals surface area contributed by atoms with Crippen LogP contribution in [-0.2, 0) is 19.1 Å². The quantitative estimate of drug-likeness (QED) is 0.783. The van der Waals surface area contributed by atoms with E-state index in [-0.39, 0.29) is 18.6 Å². The van der Waals surface area contributed by atoms with Crippen molar-refractivity contribution in [2.75, 3.05) is 19.8 Å². The van der Waals surface area contributed by atoms with Crippen LogP contribution in [0.25, 0.3) is 0 Å². The van der Waals surface area contributed by atoms with Crippen LogP contribution in [-0.4, -0.2) is 48.9 Å². The summed E-state index contributed by atoms with van der Waals surface area (Å²) >= 11 is 0. The second-order valence-corrected chi connectivity index (χ2v) is 5.46. The zero-order valence-corrected chi connectivity index (χ0v) is 11.2. The summed E-state index contributed by atoms with van der Waals surface area (Å²) in [6.45, 7) is 2.85. The van der Waals surface area contributed by atoms with Gasteiger partial charge in [-0.1, -0.05) is 12.8 Å². The normalized spacial score (nSPS) is 35.6. The predicted octanol–water partition coefficient (Wildman–Crippen LogP) is 0.551. The molecule has 0 bridgehead atoms. The van der Waals surface area contributed by atoms with Crippen LogP contribution in [0.5, 0.6) is 0 Å². The minimum atomic E-state index is -0.885. The van der Waals surface area contributed by atoms with Gasteiger partial charge in [-0.05, 0) is 19.8 Å². The van der Waals surface area contributed by atoms with E-state index in [1.54, 1.807) is 6.92 Å². The largest absolute Gasteiger partial charge is 0.481 e. The Labute approximate surface area is 112 Å². The highest BCUT2D eigenvalue weighted by molar-refractivity contribution is 5.83. The number of nitrogens with one attached hydrogen (secondary N) is 1. The maximum atomic E-state index is 12.1. The Morgan fingerprint density at radius 2 is 2.11 bits per heavy atom. The monoisotopic (exact) mass is 271 g/mol. The summed E-state index contributed by atoms with van der Waals surface area (Å²) in [4.78, 5) is 23.5. The molecule has 1 aliphatic carbocycles. The van der Waals surface area contributed by atoms with Gasteiger partial charge >= 0.3 is 5.97 Å². The lowest BCUT2D eigenvalue weighted by atomic mass is 9.71. The van der Waals surface area contributed by atoms with E-state index in [2.05, 4.69) is 5.32 Å². The topological polar surface area (TPSA) is 84.9 Å². The first-order valence-corrected chi connectivity index (χ1v) is 6.77. The number of rotatable bonds is 3. The van der Waals surface area contributed by atoms with Crippen molar-refractivity contribution in [3.63, 3.8) is 0 Å². The molecular weight excluding hydrogens is 250 g/mol. The van der Waals surface area contributed by atoms with Crippen molar-refractivity contribution in [2.24, 2.45) is 5.41 Å². The Morgan fingerprint density at radius 1 is 1.32 bits per heavy atom. The highest BCUT2D eigenvalue weighted by atomic mass is 16.6. The number of carboxylic acids is 1. The molecule has 6 nitrogen and oxygen atoms in total. The van der Waals surface area contributed by atoms with Crippen molar-refractivity contribution in [2.45, 2.75) is 44.8 Å². The highest BCUT2D eigenvalue weighted by Crippen LogP contribution is 2.36. The molecular formula is C13H21NO5. The van der Waals surface area contributed by atoms with E-state index < -0.39 is 17.5 Å². The number of carboxylic acid groups (broad SMARTS) is 1. The molecule has 0 aromatic rings. The molecule has 1 amide bonds. The van der Waals surface area contributed by atoms with Gasteiger partial charge in [0.2, 0.25) is 0 Å². The van der Waals surface area contributed by atoms with Crippen molar-refractivity contribution >= 4 is 11.9 Å². The van der Waals surface area contributed by atoms with Gasteiger partial charge in [0.15, 0.2) is 6.10 Å². The van der Waals surface area contributed by atoms with Crippen LogP contribution in [0, 0.1) is 5.41 Å². The van der Waals surface area contributed by atoms with Crippen molar-refractivity contribution in [3.05, 3.63) is 0 Å². The van der Waals surface area contributed by atoms with Gasteiger partial charge in [-0.3, -0.25) is 9.59 Å². The molecule has 1 heterocycles. The Hall–Kier alpha value is -1.14. The molecule has 108 valence electrons. The Morgan fingerprint density at radius 3 is 2.74 bits per heavy atom. The van der Waals surface area contributed by atoms with Gasteiger partial charge in [-0.25, -0.2) is 0 Å². The van der Waals surface area contributed by atoms with Gasteiger partial charge in [0, 0.05) is 6.04 Å². The van der Waals surface area contributed by atoms with Crippen LogP contribution in [0.3, 0.4) is 0 Å². The second kappa shape index (κ2) is 5.88. The highest BCUT2D eigenvalue weighted by Gasteiger charge is 2.44. The first-order valence-electron chi connectivity index (χ1n) is 6.77. The number of hydrogen-bond acceptors (Lipinski definition) is 4. The maximum Gasteiger partial charge on any atom is 0.311 e. The van der Waals surface area contributed by atoms with Crippen LogP contribution in [0.15, 0.2) is 0 Å². The summed E-state index contributed by atoms with van der Waals surface area (Å²) in [7, 11) is 0. The fraction of sp³-hybridized carbons (Fsp3) is 0.846. The van der Waals surface area contributed by atoms with Crippen LogP contribution in [0.4, 0.5) is 0 Å². The fourth-order valence-electron chi connectivity index (χ4n) is 2.72. The Balaban J connectivity index is 1.99. The minimum Gasteiger partial charge on any atom is -0.481 e. The third-order valence-electron chi connectivity index (χ3n) is 4.12. The van der Waals surface area contributed by atoms with Crippen molar-refractivity contribution in [3.8, 4) is 0 Å². The van der Waals surface area contributed by atoms with Gasteiger partial charge in [-0.15, -0.1) is 0 Å². The summed E-state index contributed by atoms with van der Waals surface area (Å²) in [5.41, 5.74) is -0.885. The van der Waals surface area contributed by atoms with E-state index in [9.17, 15) is 14.7 Å². The second-order valence-electron chi connectivity index (χ2n) is 5.46. The first-order chi connectivity index (χ1) is 9.04. The standard InChI is InChI=1S/C13H21NO5/c1-13(12(16)17)5-3-2-4-10(13)14-11(15)9-8-18-6-7-19-9/h9-10H,2-8H2,1H3,(H,14,15)(H,16,17). The van der Waals surface area contributed by atoms with Gasteiger partial charge in [0.05, 0.1) is 25.2 Å². The van der Waals surface area contributed by atoms with Crippen LogP contribution in [0.2, 0.25) is 0 Å². The van der Waals surface area contributed by atoms with Gasteiger partial charge < -0.3 is 19.9 Å². The number of hydrogen-bond donors (Lipinski definition) is 2. The molecule has 3 unspecified atom stereocenters. The number of carbonyl (C=O) groups excluding carboxylic acids is 1. The lowest BCUT2D eigenvalue weighted by molar-refractivity contribution is -0.155. The third-order valence-corrected chi connectivity index (χ3v) is 4.12. The molecule has 2 rings (SSSR count). The Bertz CT molecular complexity index is 353. The van der Waals surface area contributed by atoms with Gasteiger partial charge in [0.1, 0.15) is 0 Å². The molecule has 2 aliphatic rings. The smallest absolute Gasteiger partial charge is 0.311 e. The molecule has 1 saturated carbocycles. The summed E-state index contributed by atoms with van der Waals surface area (Å²) in [5.74, 6) is -1.11. The van der Waals surface area contributed by atoms with Gasteiger partial charge in [-0.2, -0.15) is 0 Å². The molecule has 2 N–H and O–H groups in total. The molecule has 1 aliphatic heterocycles. The number of amides is 1. The molecule has 0 aromatic heterocycles. The lowest BCUT2D eigenvalue weighted by Crippen LogP contribution is -2.55. The molecule has 19 heavy (non-hydrogen) atoms. The number of carbonyl (C=O) groups is 2. The first kappa shape index (κ1) is 14.3.